The van der Waals surface area contributed by atoms with Gasteiger partial charge in [0, 0.05) is 85.3 Å². The lowest BCUT2D eigenvalue weighted by Gasteiger charge is -2.61. The van der Waals surface area contributed by atoms with Crippen molar-refractivity contribution in [2.45, 2.75) is 75.0 Å². The summed E-state index contributed by atoms with van der Waals surface area (Å²) in [6.07, 6.45) is 14.3. The van der Waals surface area contributed by atoms with Crippen LogP contribution in [-0.4, -0.2) is 0 Å². The van der Waals surface area contributed by atoms with Crippen molar-refractivity contribution in [3.63, 3.8) is 0 Å². The Labute approximate surface area is 781 Å². The molecule has 0 radical (unpaired) electrons. The van der Waals surface area contributed by atoms with Crippen molar-refractivity contribution in [3.05, 3.63) is 447 Å². The van der Waals surface area contributed by atoms with Gasteiger partial charge in [-0.05, 0) is 354 Å². The highest BCUT2D eigenvalue weighted by Gasteiger charge is 2.63. The molecule has 4 heteroatoms. The molecule has 0 N–H and O–H groups in total. The van der Waals surface area contributed by atoms with E-state index >= 15 is 0 Å². The van der Waals surface area contributed by atoms with Crippen LogP contribution in [0.5, 0.6) is 0 Å². The SMILES string of the molecule is c1ccc(-c2ccc(N(c3ccc(-c4ccc(-c5cccc(-c6ccc7c(c6)-c6ccccc6C76C7CC8CC(C7)CC6C8)c5)cc4)cc3)c3ccc4sc5ccccc5c4c3)cc2)cc1.c1ccc(-c2ccc(N(c3ccc(-c4ccc(-c5ccccc5-c5ccc6c(c5)-c5ccccc5C65C6CC7CC(C6)CC5C7)cc4)cc3)c3ccc4c(c3)sc3ccccc34)cc2)cc1. The van der Waals surface area contributed by atoms with Crippen LogP contribution in [0.15, 0.2) is 425 Å². The van der Waals surface area contributed by atoms with Crippen molar-refractivity contribution in [2.24, 2.45) is 47.3 Å². The maximum absolute atomic E-state index is 2.56. The van der Waals surface area contributed by atoms with Crippen molar-refractivity contribution >= 4 is 97.1 Å². The summed E-state index contributed by atoms with van der Waals surface area (Å²) in [5.41, 5.74) is 39.6. The summed E-state index contributed by atoms with van der Waals surface area (Å²) >= 11 is 3.73. The fraction of sp³-hybridized carbons (Fsp3) is 0.156. The molecule has 0 atom stereocenters. The predicted octanol–water partition coefficient (Wildman–Crippen LogP) is 35.8. The number of benzene rings is 18. The van der Waals surface area contributed by atoms with Crippen LogP contribution < -0.4 is 9.80 Å². The highest BCUT2D eigenvalue weighted by atomic mass is 32.1. The third-order valence-electron chi connectivity index (χ3n) is 32.6. The van der Waals surface area contributed by atoms with Crippen molar-refractivity contribution in [2.75, 3.05) is 9.80 Å². The van der Waals surface area contributed by atoms with Crippen LogP contribution >= 0.6 is 22.7 Å². The first-order valence-corrected chi connectivity index (χ1v) is 49.8. The number of nitrogens with zero attached hydrogens (tertiary/aromatic N) is 2. The van der Waals surface area contributed by atoms with E-state index in [2.05, 4.69) is 434 Å². The maximum atomic E-state index is 2.56. The number of rotatable bonds is 14. The number of anilines is 6. The molecule has 2 spiro atoms. The fourth-order valence-electron chi connectivity index (χ4n) is 27.3. The second kappa shape index (κ2) is 31.4. The summed E-state index contributed by atoms with van der Waals surface area (Å²) < 4.78 is 5.25. The zero-order valence-electron chi connectivity index (χ0n) is 73.8. The molecule has 20 aromatic rings. The minimum atomic E-state index is 0.200. The van der Waals surface area contributed by atoms with Gasteiger partial charge in [0.15, 0.2) is 0 Å². The summed E-state index contributed by atoms with van der Waals surface area (Å²) in [7, 11) is 0. The summed E-state index contributed by atoms with van der Waals surface area (Å²) in [5.74, 6) is 6.95. The van der Waals surface area contributed by atoms with Crippen molar-refractivity contribution in [3.8, 4) is 111 Å². The lowest BCUT2D eigenvalue weighted by Crippen LogP contribution is -2.55. The Kier molecular flexibility index (Phi) is 18.5. The second-order valence-corrected chi connectivity index (χ2v) is 41.6. The average Bonchev–Trinajstić information content (AvgIpc) is 1.50. The molecule has 132 heavy (non-hydrogen) atoms. The summed E-state index contributed by atoms with van der Waals surface area (Å²) in [6, 6.07) is 159. The summed E-state index contributed by atoms with van der Waals surface area (Å²) in [6.45, 7) is 0. The molecule has 0 aliphatic heterocycles. The molecule has 8 saturated carbocycles. The van der Waals surface area contributed by atoms with Gasteiger partial charge in [0.1, 0.15) is 0 Å². The van der Waals surface area contributed by atoms with E-state index in [0.29, 0.717) is 0 Å². The number of fused-ring (bicyclic) bond motifs is 12. The van der Waals surface area contributed by atoms with Crippen molar-refractivity contribution in [1.29, 1.82) is 0 Å². The van der Waals surface area contributed by atoms with Gasteiger partial charge in [-0.25, -0.2) is 0 Å². The summed E-state index contributed by atoms with van der Waals surface area (Å²) in [4.78, 5) is 4.78. The standard InChI is InChI=1S/2C64H49NS/c1-2-9-43(10-3-1)45-21-26-53(27-22-45)65(55-30-32-63-59(40-55)57-14-5-7-16-62(57)66-63)54-28-23-46(24-29-54)44-17-19-47(20-18-44)48-11-8-12-49(38-48)50-25-31-61-58(39-50)56-13-4-6-15-60(56)64(61)51-34-41-33-42(36-51)37-52(64)35-41;1-2-10-43(11-3-1)45-22-27-51(28-23-45)65(53-31-32-58-57-15-7-9-17-62(57)66-63(58)40-53)52-29-24-46(25-30-52)44-18-20-47(21-19-44)54-12-4-5-13-55(54)48-26-33-61-59(39-48)56-14-6-8-16-60(56)64(61)49-35-41-34-42(37-49)38-50(64)36-41/h1-32,38-42,51-52H,33-37H2;1-33,39-42,49-50H,34-38H2. The lowest BCUT2D eigenvalue weighted by atomic mass is 9.43. The first-order valence-electron chi connectivity index (χ1n) is 48.1. The Hall–Kier alpha value is -14.0. The molecule has 8 fully saturated rings. The van der Waals surface area contributed by atoms with Crippen molar-refractivity contribution < 1.29 is 0 Å². The smallest absolute Gasteiger partial charge is 0.0476 e. The fourth-order valence-corrected chi connectivity index (χ4v) is 29.5. The molecule has 2 heterocycles. The summed E-state index contributed by atoms with van der Waals surface area (Å²) in [5, 5.41) is 5.23. The van der Waals surface area contributed by atoms with Gasteiger partial charge in [0.2, 0.25) is 0 Å². The Morgan fingerprint density at radius 3 is 0.924 bits per heavy atom. The van der Waals surface area contributed by atoms with E-state index in [9.17, 15) is 0 Å². The minimum Gasteiger partial charge on any atom is -0.310 e. The number of hydrogen-bond donors (Lipinski definition) is 0. The molecular weight excluding hydrogens is 1630 g/mol. The first kappa shape index (κ1) is 77.9. The van der Waals surface area contributed by atoms with Gasteiger partial charge in [-0.2, -0.15) is 0 Å². The lowest BCUT2D eigenvalue weighted by molar-refractivity contribution is -0.0399. The van der Waals surface area contributed by atoms with Gasteiger partial charge in [0.05, 0.1) is 0 Å². The van der Waals surface area contributed by atoms with Crippen LogP contribution in [0, 0.1) is 47.3 Å². The quantitative estimate of drug-likeness (QED) is 0.107. The molecule has 10 aliphatic carbocycles. The predicted molar refractivity (Wildman–Crippen MR) is 558 cm³/mol. The Morgan fingerprint density at radius 1 is 0.167 bits per heavy atom. The molecule has 18 aromatic carbocycles. The van der Waals surface area contributed by atoms with Crippen LogP contribution in [0.4, 0.5) is 34.1 Å². The zero-order valence-corrected chi connectivity index (χ0v) is 75.4. The van der Waals surface area contributed by atoms with Gasteiger partial charge < -0.3 is 9.80 Å². The van der Waals surface area contributed by atoms with E-state index < -0.39 is 0 Å². The third-order valence-corrected chi connectivity index (χ3v) is 34.9. The van der Waals surface area contributed by atoms with E-state index in [4.69, 9.17) is 0 Å². The highest BCUT2D eigenvalue weighted by molar-refractivity contribution is 7.26. The minimum absolute atomic E-state index is 0.200. The zero-order chi connectivity index (χ0) is 86.7. The Balaban J connectivity index is 0.000000135. The van der Waals surface area contributed by atoms with Crippen molar-refractivity contribution in [1.82, 2.24) is 0 Å². The maximum Gasteiger partial charge on any atom is 0.0476 e. The average molecular weight is 1730 g/mol. The van der Waals surface area contributed by atoms with E-state index in [-0.39, 0.29) is 10.8 Å². The van der Waals surface area contributed by atoms with E-state index in [0.717, 1.165) is 81.5 Å². The van der Waals surface area contributed by atoms with Crippen LogP contribution in [0.25, 0.3) is 152 Å². The molecule has 2 aromatic heterocycles. The Morgan fingerprint density at radius 2 is 0.455 bits per heavy atom. The number of thiophene rings is 2. The second-order valence-electron chi connectivity index (χ2n) is 39.4. The van der Waals surface area contributed by atoms with Gasteiger partial charge in [0.25, 0.3) is 0 Å². The Bertz CT molecular complexity index is 7820. The first-order chi connectivity index (χ1) is 65.3. The molecule has 0 amide bonds. The highest BCUT2D eigenvalue weighted by Crippen LogP contribution is 2.72. The molecule has 632 valence electrons. The van der Waals surface area contributed by atoms with E-state index in [1.165, 1.54) is 216 Å². The molecule has 30 rings (SSSR count). The molecule has 8 bridgehead atoms. The van der Waals surface area contributed by atoms with Gasteiger partial charge in [-0.1, -0.05) is 315 Å². The third kappa shape index (κ3) is 12.7. The van der Waals surface area contributed by atoms with E-state index in [1.54, 1.807) is 22.3 Å². The molecule has 0 unspecified atom stereocenters. The van der Waals surface area contributed by atoms with E-state index in [1.807, 2.05) is 22.7 Å². The van der Waals surface area contributed by atoms with Crippen LogP contribution in [0.3, 0.4) is 0 Å². The number of hydrogen-bond acceptors (Lipinski definition) is 4. The normalized spacial score (nSPS) is 21.1. The van der Waals surface area contributed by atoms with Crippen LogP contribution in [-0.2, 0) is 10.8 Å². The van der Waals surface area contributed by atoms with Gasteiger partial charge >= 0.3 is 0 Å². The monoisotopic (exact) mass is 1730 g/mol. The topological polar surface area (TPSA) is 6.48 Å². The molecule has 10 aliphatic rings. The van der Waals surface area contributed by atoms with Gasteiger partial charge in [-0.15, -0.1) is 22.7 Å². The van der Waals surface area contributed by atoms with Crippen LogP contribution in [0.2, 0.25) is 0 Å². The van der Waals surface area contributed by atoms with Crippen LogP contribution in [0.1, 0.15) is 86.5 Å². The molecule has 2 nitrogen and oxygen atoms in total. The van der Waals surface area contributed by atoms with Gasteiger partial charge in [-0.3, -0.25) is 0 Å². The molecule has 0 saturated heterocycles. The largest absolute Gasteiger partial charge is 0.310 e. The molecular formula is C128H98N2S2.